The number of likely N-dealkylation sites (tertiary alicyclic amines) is 1. The zero-order valence-corrected chi connectivity index (χ0v) is 31.7. The maximum absolute atomic E-state index is 15.2. The van der Waals surface area contributed by atoms with Gasteiger partial charge in [-0.3, -0.25) is 19.2 Å². The second-order valence-electron chi connectivity index (χ2n) is 14.1. The van der Waals surface area contributed by atoms with Gasteiger partial charge < -0.3 is 29.7 Å². The molecule has 2 bridgehead atoms. The van der Waals surface area contributed by atoms with Crippen LogP contribution in [0.2, 0.25) is 0 Å². The Kier molecular flexibility index (Phi) is 11.3. The molecular weight excluding hydrogens is 768 g/mol. The number of nitrogens with zero attached hydrogens (tertiary/aromatic N) is 5. The van der Waals surface area contributed by atoms with Crippen molar-refractivity contribution in [3.8, 4) is 0 Å². The number of halogens is 1. The molecule has 3 aromatic carbocycles. The highest BCUT2D eigenvalue weighted by Crippen LogP contribution is 2.61. The van der Waals surface area contributed by atoms with Crippen molar-refractivity contribution in [2.24, 2.45) is 11.8 Å². The van der Waals surface area contributed by atoms with Crippen LogP contribution in [0.25, 0.3) is 11.0 Å². The summed E-state index contributed by atoms with van der Waals surface area (Å²) in [5.74, 6) is -3.91. The fourth-order valence-electron chi connectivity index (χ4n) is 8.38. The van der Waals surface area contributed by atoms with Gasteiger partial charge in [-0.25, -0.2) is 4.68 Å². The van der Waals surface area contributed by atoms with E-state index in [1.807, 2.05) is 60.7 Å². The molecule has 2 N–H and O–H groups in total. The van der Waals surface area contributed by atoms with Gasteiger partial charge in [-0.15, -0.1) is 18.3 Å². The molecule has 1 spiro atoms. The lowest BCUT2D eigenvalue weighted by Gasteiger charge is -2.39. The number of allylic oxidation sites excluding steroid dienone is 1. The molecule has 4 heterocycles. The predicted octanol–water partition coefficient (Wildman–Crippen LogP) is 4.25. The van der Waals surface area contributed by atoms with Crippen molar-refractivity contribution in [2.75, 3.05) is 19.8 Å². The minimum atomic E-state index is -1.43. The molecule has 1 unspecified atom stereocenters. The molecule has 3 aliphatic rings. The highest BCUT2D eigenvalue weighted by molar-refractivity contribution is 9.09. The summed E-state index contributed by atoms with van der Waals surface area (Å²) in [5.41, 5.74) is 1.27. The monoisotopic (exact) mass is 810 g/mol. The Morgan fingerprint density at radius 1 is 1.04 bits per heavy atom. The minimum absolute atomic E-state index is 0.00483. The molecule has 1 aromatic heterocycles. The van der Waals surface area contributed by atoms with Crippen LogP contribution in [0.3, 0.4) is 0 Å². The zero-order chi connectivity index (χ0) is 38.7. The van der Waals surface area contributed by atoms with Crippen LogP contribution in [0.1, 0.15) is 42.5 Å². The maximum Gasteiger partial charge on any atom is 0.306 e. The Labute approximate surface area is 327 Å². The van der Waals surface area contributed by atoms with Crippen LogP contribution in [0.4, 0.5) is 0 Å². The van der Waals surface area contributed by atoms with Crippen LogP contribution in [0.15, 0.2) is 110 Å². The normalized spacial score (nSPS) is 24.9. The number of carbonyl (C=O) groups is 4. The molecule has 13 nitrogen and oxygen atoms in total. The first kappa shape index (κ1) is 38.1. The first-order valence-corrected chi connectivity index (χ1v) is 19.2. The van der Waals surface area contributed by atoms with E-state index in [-0.39, 0.29) is 37.5 Å². The van der Waals surface area contributed by atoms with Gasteiger partial charge in [0.15, 0.2) is 0 Å². The molecule has 3 saturated heterocycles. The number of esters is 1. The summed E-state index contributed by atoms with van der Waals surface area (Å²) in [6, 6.07) is 22.7. The van der Waals surface area contributed by atoms with E-state index in [0.29, 0.717) is 28.6 Å². The first-order chi connectivity index (χ1) is 26.7. The second-order valence-corrected chi connectivity index (χ2v) is 15.2. The van der Waals surface area contributed by atoms with Crippen LogP contribution in [0.5, 0.6) is 0 Å². The quantitative estimate of drug-likeness (QED) is 0.0960. The Morgan fingerprint density at radius 2 is 1.73 bits per heavy atom. The SMILES string of the molecule is C=CCCC(=O)OC[C@@H](NC(=O)[C@H]1[C@@H]2O[C@@]3(CC2Br)[C@@H]1C(=O)N([C@H](CO)c1ccccc1)[C@@H]3C(=O)N(CC=C)Cn1nnc2ccccc21)c1ccccc1. The molecule has 286 valence electrons. The number of aliphatic hydroxyl groups excluding tert-OH is 1. The largest absolute Gasteiger partial charge is 0.463 e. The molecule has 55 heavy (non-hydrogen) atoms. The van der Waals surface area contributed by atoms with E-state index in [9.17, 15) is 14.7 Å². The highest BCUT2D eigenvalue weighted by Gasteiger charge is 2.77. The lowest BCUT2D eigenvalue weighted by molar-refractivity contribution is -0.152. The summed E-state index contributed by atoms with van der Waals surface area (Å²) in [7, 11) is 0. The van der Waals surface area contributed by atoms with E-state index in [1.54, 1.807) is 41.1 Å². The lowest BCUT2D eigenvalue weighted by atomic mass is 9.70. The van der Waals surface area contributed by atoms with E-state index in [1.165, 1.54) is 9.80 Å². The number of rotatable bonds is 16. The average Bonchev–Trinajstić information content (AvgIpc) is 3.93. The van der Waals surface area contributed by atoms with Crippen molar-refractivity contribution in [1.29, 1.82) is 0 Å². The standard InChI is InChI=1S/C41H43BrN6O7/c1-3-5-20-33(50)54-24-30(26-14-8-6-9-15-26)43-38(51)34-35-39(52)48(32(23-49)27-16-10-7-11-17-27)37(41(35)22-28(42)36(34)55-41)40(53)46(21-4-2)25-47-31-19-13-12-18-29(31)44-45-47/h3-4,6-19,28,30,32,34-37,49H,1-2,5,20-25H2,(H,43,51)/t28?,30-,32-,34-,35+,36-,37-,41+/m1/s1. The van der Waals surface area contributed by atoms with Crippen molar-refractivity contribution >= 4 is 50.7 Å². The Balaban J connectivity index is 1.26. The lowest BCUT2D eigenvalue weighted by Crippen LogP contribution is -2.57. The summed E-state index contributed by atoms with van der Waals surface area (Å²) in [4.78, 5) is 60.0. The maximum atomic E-state index is 15.2. The third-order valence-electron chi connectivity index (χ3n) is 10.8. The third-order valence-corrected chi connectivity index (χ3v) is 11.7. The van der Waals surface area contributed by atoms with Gasteiger partial charge in [-0.1, -0.05) is 106 Å². The third kappa shape index (κ3) is 7.09. The summed E-state index contributed by atoms with van der Waals surface area (Å²) in [6.45, 7) is 7.04. The molecule has 14 heteroatoms. The average molecular weight is 812 g/mol. The van der Waals surface area contributed by atoms with Gasteiger partial charge in [0.25, 0.3) is 0 Å². The number of ether oxygens (including phenoxy) is 2. The Hall–Kier alpha value is -5.18. The molecule has 8 atom stereocenters. The molecule has 4 aromatic rings. The van der Waals surface area contributed by atoms with E-state index >= 15 is 9.59 Å². The van der Waals surface area contributed by atoms with Crippen molar-refractivity contribution in [3.05, 3.63) is 121 Å². The topological polar surface area (TPSA) is 156 Å². The predicted molar refractivity (Wildman–Crippen MR) is 206 cm³/mol. The van der Waals surface area contributed by atoms with Gasteiger partial charge in [-0.05, 0) is 36.1 Å². The minimum Gasteiger partial charge on any atom is -0.463 e. The van der Waals surface area contributed by atoms with Crippen LogP contribution in [0, 0.1) is 11.8 Å². The second kappa shape index (κ2) is 16.3. The van der Waals surface area contributed by atoms with Gasteiger partial charge in [0, 0.05) is 17.8 Å². The number of alkyl halides is 1. The van der Waals surface area contributed by atoms with E-state index in [0.717, 1.165) is 0 Å². The van der Waals surface area contributed by atoms with Gasteiger partial charge in [-0.2, -0.15) is 0 Å². The van der Waals surface area contributed by atoms with Gasteiger partial charge in [0.2, 0.25) is 17.7 Å². The molecule has 0 radical (unpaired) electrons. The molecule has 0 saturated carbocycles. The van der Waals surface area contributed by atoms with Crippen LogP contribution < -0.4 is 5.32 Å². The summed E-state index contributed by atoms with van der Waals surface area (Å²) >= 11 is 3.75. The van der Waals surface area contributed by atoms with Crippen molar-refractivity contribution in [2.45, 2.75) is 60.6 Å². The van der Waals surface area contributed by atoms with Gasteiger partial charge in [0.1, 0.15) is 30.4 Å². The molecule has 0 aliphatic carbocycles. The van der Waals surface area contributed by atoms with Crippen LogP contribution >= 0.6 is 15.9 Å². The number of aromatic nitrogens is 3. The molecule has 3 amide bonds. The van der Waals surface area contributed by atoms with Crippen molar-refractivity contribution in [3.63, 3.8) is 0 Å². The first-order valence-electron chi connectivity index (χ1n) is 18.3. The Morgan fingerprint density at radius 3 is 2.42 bits per heavy atom. The van der Waals surface area contributed by atoms with E-state index in [4.69, 9.17) is 9.47 Å². The molecule has 7 rings (SSSR count). The van der Waals surface area contributed by atoms with Crippen LogP contribution in [-0.2, 0) is 35.3 Å². The van der Waals surface area contributed by atoms with Crippen LogP contribution in [-0.4, -0.2) is 95.9 Å². The van der Waals surface area contributed by atoms with Crippen molar-refractivity contribution in [1.82, 2.24) is 30.1 Å². The number of benzene rings is 3. The Bertz CT molecular complexity index is 2060. The number of amides is 3. The zero-order valence-electron chi connectivity index (χ0n) is 30.2. The summed E-state index contributed by atoms with van der Waals surface area (Å²) in [6.07, 6.45) is 3.33. The number of carbonyl (C=O) groups excluding carboxylic acids is 4. The smallest absolute Gasteiger partial charge is 0.306 e. The van der Waals surface area contributed by atoms with E-state index in [2.05, 4.69) is 44.7 Å². The summed E-state index contributed by atoms with van der Waals surface area (Å²) in [5, 5.41) is 22.6. The molecule has 3 fully saturated rings. The number of hydrogen-bond donors (Lipinski definition) is 2. The van der Waals surface area contributed by atoms with Crippen molar-refractivity contribution < 1.29 is 33.8 Å². The van der Waals surface area contributed by atoms with E-state index < -0.39 is 72.0 Å². The molecular formula is C41H43BrN6O7. The highest BCUT2D eigenvalue weighted by atomic mass is 79.9. The van der Waals surface area contributed by atoms with Gasteiger partial charge >= 0.3 is 5.97 Å². The number of fused-ring (bicyclic) bond motifs is 2. The number of aliphatic hydroxyl groups is 1. The number of nitrogens with one attached hydrogen (secondary N) is 1. The fourth-order valence-corrected chi connectivity index (χ4v) is 9.33. The number of para-hydroxylation sites is 1. The molecule has 3 aliphatic heterocycles. The van der Waals surface area contributed by atoms with Gasteiger partial charge in [0.05, 0.1) is 42.1 Å². The number of hydrogen-bond acceptors (Lipinski definition) is 9. The summed E-state index contributed by atoms with van der Waals surface area (Å²) < 4.78 is 14.0. The fraction of sp³-hybridized carbons (Fsp3) is 0.366.